The number of unbranched alkanes of at least 4 members (excludes halogenated alkanes) is 2. The summed E-state index contributed by atoms with van der Waals surface area (Å²) in [6.07, 6.45) is 3.32. The molecule has 35 heavy (non-hydrogen) atoms. The van der Waals surface area contributed by atoms with Crippen LogP contribution in [0.2, 0.25) is 0 Å². The van der Waals surface area contributed by atoms with Gasteiger partial charge in [0, 0.05) is 25.9 Å². The Morgan fingerprint density at radius 3 is 2.46 bits per heavy atom. The molecule has 0 aliphatic carbocycles. The number of methoxy groups -OCH3 is 1. The van der Waals surface area contributed by atoms with Crippen molar-refractivity contribution in [1.82, 2.24) is 9.80 Å². The summed E-state index contributed by atoms with van der Waals surface area (Å²) in [5, 5.41) is 0. The number of carbonyl (C=O) groups is 4. The Kier molecular flexibility index (Phi) is 6.05. The number of ether oxygens (including phenoxy) is 2. The van der Waals surface area contributed by atoms with Gasteiger partial charge in [-0.2, -0.15) is 0 Å². The molecule has 3 heterocycles. The van der Waals surface area contributed by atoms with Crippen molar-refractivity contribution in [3.05, 3.63) is 59.2 Å². The van der Waals surface area contributed by atoms with Gasteiger partial charge in [-0.25, -0.2) is 0 Å². The number of likely N-dealkylation sites (tertiary alicyclic amines) is 1. The predicted molar refractivity (Wildman–Crippen MR) is 127 cm³/mol. The van der Waals surface area contributed by atoms with Crippen LogP contribution in [-0.2, 0) is 4.79 Å². The van der Waals surface area contributed by atoms with Gasteiger partial charge in [0.25, 0.3) is 11.8 Å². The lowest BCUT2D eigenvalue weighted by Crippen LogP contribution is -2.45. The second-order valence-corrected chi connectivity index (χ2v) is 9.43. The Morgan fingerprint density at radius 2 is 1.74 bits per heavy atom. The molecule has 5 rings (SSSR count). The number of ketones is 1. The molecule has 3 aliphatic heterocycles. The van der Waals surface area contributed by atoms with Gasteiger partial charge in [-0.1, -0.05) is 18.6 Å². The van der Waals surface area contributed by atoms with E-state index in [1.54, 1.807) is 54.5 Å². The molecule has 1 spiro atoms. The molecule has 2 aromatic rings. The zero-order valence-electron chi connectivity index (χ0n) is 19.7. The van der Waals surface area contributed by atoms with Crippen LogP contribution in [0.5, 0.6) is 11.5 Å². The Hall–Kier alpha value is -3.68. The van der Waals surface area contributed by atoms with E-state index in [0.29, 0.717) is 73.5 Å². The second kappa shape index (κ2) is 9.17. The van der Waals surface area contributed by atoms with Gasteiger partial charge in [-0.3, -0.25) is 24.1 Å². The first kappa shape index (κ1) is 23.1. The maximum Gasteiger partial charge on any atom is 0.261 e. The Labute approximate surface area is 203 Å². The lowest BCUT2D eigenvalue weighted by molar-refractivity contribution is -0.131. The zero-order chi connectivity index (χ0) is 24.6. The van der Waals surface area contributed by atoms with E-state index in [2.05, 4.69) is 0 Å². The van der Waals surface area contributed by atoms with Crippen LogP contribution in [0.4, 0.5) is 0 Å². The van der Waals surface area contributed by atoms with Crippen LogP contribution in [0.3, 0.4) is 0 Å². The number of rotatable bonds is 7. The van der Waals surface area contributed by atoms with Gasteiger partial charge in [-0.15, -0.1) is 0 Å². The van der Waals surface area contributed by atoms with Crippen molar-refractivity contribution < 1.29 is 28.7 Å². The van der Waals surface area contributed by atoms with E-state index in [-0.39, 0.29) is 29.9 Å². The van der Waals surface area contributed by atoms with Crippen molar-refractivity contribution in [2.75, 3.05) is 26.7 Å². The molecule has 0 aromatic heterocycles. The van der Waals surface area contributed by atoms with E-state index < -0.39 is 5.60 Å². The Bertz CT molecular complexity index is 1170. The fourth-order valence-corrected chi connectivity index (χ4v) is 5.21. The third-order valence-electron chi connectivity index (χ3n) is 7.12. The first-order valence-corrected chi connectivity index (χ1v) is 12.0. The number of hydrogen-bond acceptors (Lipinski definition) is 6. The molecule has 0 bridgehead atoms. The number of benzene rings is 2. The zero-order valence-corrected chi connectivity index (χ0v) is 19.7. The monoisotopic (exact) mass is 476 g/mol. The highest BCUT2D eigenvalue weighted by Gasteiger charge is 2.47. The fourth-order valence-electron chi connectivity index (χ4n) is 5.21. The molecular formula is C27H28N2O6. The van der Waals surface area contributed by atoms with E-state index in [4.69, 9.17) is 9.47 Å². The second-order valence-electron chi connectivity index (χ2n) is 9.43. The molecule has 0 saturated carbocycles. The van der Waals surface area contributed by atoms with Crippen LogP contribution >= 0.6 is 0 Å². The topological polar surface area (TPSA) is 93.2 Å². The highest BCUT2D eigenvalue weighted by atomic mass is 16.5. The molecule has 1 atom stereocenters. The number of hydrogen-bond donors (Lipinski definition) is 0. The largest absolute Gasteiger partial charge is 0.497 e. The van der Waals surface area contributed by atoms with Gasteiger partial charge in [-0.05, 0) is 43.2 Å². The molecule has 0 N–H and O–H groups in total. The molecule has 2 aromatic carbocycles. The van der Waals surface area contributed by atoms with Gasteiger partial charge < -0.3 is 14.4 Å². The van der Waals surface area contributed by atoms with Gasteiger partial charge in [0.1, 0.15) is 17.1 Å². The third-order valence-corrected chi connectivity index (χ3v) is 7.12. The lowest BCUT2D eigenvalue weighted by atomic mass is 9.89. The Balaban J connectivity index is 1.08. The third kappa shape index (κ3) is 4.29. The molecule has 8 nitrogen and oxygen atoms in total. The van der Waals surface area contributed by atoms with Crippen LogP contribution in [0, 0.1) is 0 Å². The maximum absolute atomic E-state index is 12.8. The van der Waals surface area contributed by atoms with Crippen molar-refractivity contribution in [1.29, 1.82) is 0 Å². The molecule has 0 radical (unpaired) electrons. The summed E-state index contributed by atoms with van der Waals surface area (Å²) < 4.78 is 11.4. The number of imide groups is 1. The SMILES string of the molecule is COc1ccc2c(c1)C(=O)CC1(CCN(C(=O)CCCCCN3C(=O)c4ccccc4C3=O)C1)O2. The molecular weight excluding hydrogens is 448 g/mol. The first-order valence-electron chi connectivity index (χ1n) is 12.0. The maximum atomic E-state index is 12.8. The van der Waals surface area contributed by atoms with Crippen molar-refractivity contribution in [2.45, 2.75) is 44.1 Å². The van der Waals surface area contributed by atoms with E-state index in [0.717, 1.165) is 6.42 Å². The van der Waals surface area contributed by atoms with Crippen LogP contribution in [0.25, 0.3) is 0 Å². The molecule has 1 fully saturated rings. The molecule has 182 valence electrons. The van der Waals surface area contributed by atoms with E-state index in [9.17, 15) is 19.2 Å². The van der Waals surface area contributed by atoms with Crippen molar-refractivity contribution >= 4 is 23.5 Å². The highest BCUT2D eigenvalue weighted by molar-refractivity contribution is 6.21. The van der Waals surface area contributed by atoms with E-state index >= 15 is 0 Å². The minimum absolute atomic E-state index is 0.00704. The fraction of sp³-hybridized carbons (Fsp3) is 0.407. The number of carbonyl (C=O) groups excluding carboxylic acids is 4. The number of Topliss-reactive ketones (excluding diaryl/α,β-unsaturated/α-hetero) is 1. The summed E-state index contributed by atoms with van der Waals surface area (Å²) in [5.41, 5.74) is 0.777. The molecule has 3 aliphatic rings. The van der Waals surface area contributed by atoms with Gasteiger partial charge in [0.15, 0.2) is 5.78 Å². The summed E-state index contributed by atoms with van der Waals surface area (Å²) in [6, 6.07) is 12.1. The molecule has 1 saturated heterocycles. The van der Waals surface area contributed by atoms with Crippen molar-refractivity contribution in [2.24, 2.45) is 0 Å². The summed E-state index contributed by atoms with van der Waals surface area (Å²) in [5.74, 6) is 0.719. The number of nitrogens with zero attached hydrogens (tertiary/aromatic N) is 2. The van der Waals surface area contributed by atoms with Gasteiger partial charge >= 0.3 is 0 Å². The van der Waals surface area contributed by atoms with Crippen LogP contribution in [0.15, 0.2) is 42.5 Å². The standard InChI is InChI=1S/C27H28N2O6/c1-34-18-10-11-23-21(15-18)22(30)16-27(35-23)12-14-28(17-27)24(31)9-3-2-6-13-29-25(32)19-7-4-5-8-20(19)26(29)33/h4-5,7-8,10-11,15H,2-3,6,9,12-14,16-17H2,1H3. The van der Waals surface area contributed by atoms with Crippen molar-refractivity contribution in [3.8, 4) is 11.5 Å². The van der Waals surface area contributed by atoms with E-state index in [1.165, 1.54) is 4.90 Å². The van der Waals surface area contributed by atoms with Crippen LogP contribution in [-0.4, -0.2) is 65.6 Å². The summed E-state index contributed by atoms with van der Waals surface area (Å²) in [7, 11) is 1.56. The quantitative estimate of drug-likeness (QED) is 0.449. The minimum atomic E-state index is -0.667. The smallest absolute Gasteiger partial charge is 0.261 e. The van der Waals surface area contributed by atoms with Crippen LogP contribution in [0.1, 0.15) is 69.6 Å². The summed E-state index contributed by atoms with van der Waals surface area (Å²) in [4.78, 5) is 53.5. The molecule has 8 heteroatoms. The highest BCUT2D eigenvalue weighted by Crippen LogP contribution is 2.40. The minimum Gasteiger partial charge on any atom is -0.497 e. The predicted octanol–water partition coefficient (Wildman–Crippen LogP) is 3.49. The Morgan fingerprint density at radius 1 is 1.00 bits per heavy atom. The van der Waals surface area contributed by atoms with Gasteiger partial charge in [0.05, 0.1) is 36.8 Å². The average molecular weight is 477 g/mol. The van der Waals surface area contributed by atoms with Gasteiger partial charge in [0.2, 0.25) is 5.91 Å². The number of fused-ring (bicyclic) bond motifs is 2. The summed E-state index contributed by atoms with van der Waals surface area (Å²) in [6.45, 7) is 1.32. The molecule has 3 amide bonds. The van der Waals surface area contributed by atoms with E-state index in [1.807, 2.05) is 0 Å². The molecule has 1 unspecified atom stereocenters. The summed E-state index contributed by atoms with van der Waals surface area (Å²) >= 11 is 0. The number of amides is 3. The normalized spacial score (nSPS) is 20.8. The first-order chi connectivity index (χ1) is 16.9. The van der Waals surface area contributed by atoms with Crippen molar-refractivity contribution in [3.63, 3.8) is 0 Å². The van der Waals surface area contributed by atoms with Crippen LogP contribution < -0.4 is 9.47 Å². The lowest BCUT2D eigenvalue weighted by Gasteiger charge is -2.34. The average Bonchev–Trinajstić information content (AvgIpc) is 3.38.